The van der Waals surface area contributed by atoms with Crippen LogP contribution in [0.2, 0.25) is 0 Å². The van der Waals surface area contributed by atoms with Crippen LogP contribution in [0.4, 0.5) is 10.2 Å². The summed E-state index contributed by atoms with van der Waals surface area (Å²) in [4.78, 5) is 12.6. The van der Waals surface area contributed by atoms with E-state index in [-0.39, 0.29) is 21.5 Å². The Hall–Kier alpha value is -2.41. The highest BCUT2D eigenvalue weighted by atomic mass is 32.2. The van der Waals surface area contributed by atoms with Gasteiger partial charge in [-0.05, 0) is 43.7 Å². The normalized spacial score (nSPS) is 12.1. The van der Waals surface area contributed by atoms with Gasteiger partial charge in [-0.3, -0.25) is 4.79 Å². The number of benzene rings is 1. The average Bonchev–Trinajstić information content (AvgIpc) is 2.79. The molecular formula is C20H25FN2O3S. The van der Waals surface area contributed by atoms with Crippen molar-refractivity contribution in [3.05, 3.63) is 54.0 Å². The Kier molecular flexibility index (Phi) is 5.65. The minimum absolute atomic E-state index is 0.0195. The molecule has 0 radical (unpaired) electrons. The van der Waals surface area contributed by atoms with E-state index in [4.69, 9.17) is 0 Å². The highest BCUT2D eigenvalue weighted by Crippen LogP contribution is 2.36. The summed E-state index contributed by atoms with van der Waals surface area (Å²) in [5.41, 5.74) is 0.535. The molecule has 0 saturated heterocycles. The molecule has 0 saturated carbocycles. The largest absolute Gasteiger partial charge is 0.327 e. The third kappa shape index (κ3) is 3.98. The van der Waals surface area contributed by atoms with Gasteiger partial charge in [-0.15, -0.1) is 6.58 Å². The van der Waals surface area contributed by atoms with Crippen molar-refractivity contribution >= 4 is 21.6 Å². The van der Waals surface area contributed by atoms with Crippen molar-refractivity contribution in [3.8, 4) is 0 Å². The summed E-state index contributed by atoms with van der Waals surface area (Å²) < 4.78 is 41.5. The number of halogens is 1. The molecule has 2 aromatic rings. The summed E-state index contributed by atoms with van der Waals surface area (Å²) in [6.07, 6.45) is 1.63. The molecule has 0 unspecified atom stereocenters. The fourth-order valence-electron chi connectivity index (χ4n) is 2.67. The van der Waals surface area contributed by atoms with Crippen LogP contribution in [0.3, 0.4) is 0 Å². The van der Waals surface area contributed by atoms with Crippen LogP contribution in [0.15, 0.2) is 46.7 Å². The average molecular weight is 392 g/mol. The third-order valence-electron chi connectivity index (χ3n) is 4.39. The Morgan fingerprint density at radius 3 is 2.26 bits per heavy atom. The quantitative estimate of drug-likeness (QED) is 0.611. The van der Waals surface area contributed by atoms with Gasteiger partial charge in [0, 0.05) is 17.7 Å². The second kappa shape index (κ2) is 7.31. The van der Waals surface area contributed by atoms with E-state index in [1.54, 1.807) is 45.3 Å². The van der Waals surface area contributed by atoms with Gasteiger partial charge in [-0.25, -0.2) is 12.8 Å². The first-order valence-corrected chi connectivity index (χ1v) is 10.0. The van der Waals surface area contributed by atoms with Crippen LogP contribution < -0.4 is 5.32 Å². The first-order valence-electron chi connectivity index (χ1n) is 8.54. The van der Waals surface area contributed by atoms with Gasteiger partial charge in [0.05, 0.1) is 4.90 Å². The predicted molar refractivity (Wildman–Crippen MR) is 104 cm³/mol. The molecule has 0 atom stereocenters. The second-order valence-corrected chi connectivity index (χ2v) is 9.34. The molecule has 1 heterocycles. The Morgan fingerprint density at radius 2 is 1.78 bits per heavy atom. The Morgan fingerprint density at radius 1 is 1.22 bits per heavy atom. The van der Waals surface area contributed by atoms with Gasteiger partial charge in [0.15, 0.2) is 0 Å². The fraction of sp³-hybridized carbons (Fsp3) is 0.350. The molecule has 1 amide bonds. The van der Waals surface area contributed by atoms with E-state index in [9.17, 15) is 17.6 Å². The molecule has 0 spiro atoms. The molecule has 0 fully saturated rings. The molecule has 0 aliphatic carbocycles. The minimum Gasteiger partial charge on any atom is -0.327 e. The van der Waals surface area contributed by atoms with Crippen molar-refractivity contribution in [2.24, 2.45) is 5.41 Å². The lowest BCUT2D eigenvalue weighted by Crippen LogP contribution is -2.29. The molecule has 5 nitrogen and oxygen atoms in total. The number of hydrogen-bond acceptors (Lipinski definition) is 3. The third-order valence-corrected chi connectivity index (χ3v) is 6.32. The Balaban J connectivity index is 2.74. The first-order chi connectivity index (χ1) is 12.4. The van der Waals surface area contributed by atoms with Gasteiger partial charge in [0.25, 0.3) is 0 Å². The van der Waals surface area contributed by atoms with E-state index in [1.165, 1.54) is 12.1 Å². The van der Waals surface area contributed by atoms with Gasteiger partial charge < -0.3 is 9.88 Å². The summed E-state index contributed by atoms with van der Waals surface area (Å²) in [6.45, 7) is 12.8. The van der Waals surface area contributed by atoms with Crippen molar-refractivity contribution in [1.82, 2.24) is 4.57 Å². The van der Waals surface area contributed by atoms with Crippen molar-refractivity contribution in [2.45, 2.75) is 51.0 Å². The molecule has 0 aliphatic heterocycles. The molecule has 146 valence electrons. The van der Waals surface area contributed by atoms with E-state index in [0.29, 0.717) is 17.8 Å². The van der Waals surface area contributed by atoms with Gasteiger partial charge in [-0.1, -0.05) is 26.8 Å². The summed E-state index contributed by atoms with van der Waals surface area (Å²) in [7, 11) is -3.96. The van der Waals surface area contributed by atoms with Crippen LogP contribution in [0, 0.1) is 25.1 Å². The van der Waals surface area contributed by atoms with Gasteiger partial charge in [0.2, 0.25) is 15.7 Å². The number of allylic oxidation sites excluding steroid dienone is 1. The molecule has 1 N–H and O–H groups in total. The smallest absolute Gasteiger partial charge is 0.230 e. The summed E-state index contributed by atoms with van der Waals surface area (Å²) >= 11 is 0. The zero-order chi connectivity index (χ0) is 20.6. The lowest BCUT2D eigenvalue weighted by atomic mass is 9.96. The monoisotopic (exact) mass is 392 g/mol. The number of hydrogen-bond donors (Lipinski definition) is 1. The van der Waals surface area contributed by atoms with Crippen LogP contribution in [-0.4, -0.2) is 18.9 Å². The van der Waals surface area contributed by atoms with Gasteiger partial charge in [-0.2, -0.15) is 0 Å². The Bertz CT molecular complexity index is 982. The van der Waals surface area contributed by atoms with Crippen LogP contribution in [0.5, 0.6) is 0 Å². The molecule has 0 bridgehead atoms. The fourth-order valence-corrected chi connectivity index (χ4v) is 4.37. The van der Waals surface area contributed by atoms with Crippen molar-refractivity contribution in [3.63, 3.8) is 0 Å². The maximum absolute atomic E-state index is 13.3. The summed E-state index contributed by atoms with van der Waals surface area (Å²) in [5.74, 6) is -0.623. The number of sulfone groups is 1. The first kappa shape index (κ1) is 20.9. The van der Waals surface area contributed by atoms with E-state index < -0.39 is 21.1 Å². The Labute approximate surface area is 159 Å². The van der Waals surface area contributed by atoms with Crippen molar-refractivity contribution < 1.29 is 17.6 Å². The number of nitrogens with one attached hydrogen (secondary N) is 1. The second-order valence-electron chi connectivity index (χ2n) is 7.45. The zero-order valence-electron chi connectivity index (χ0n) is 16.3. The molecule has 2 rings (SSSR count). The maximum atomic E-state index is 13.3. The summed E-state index contributed by atoms with van der Waals surface area (Å²) in [5, 5.41) is 2.78. The zero-order valence-corrected chi connectivity index (χ0v) is 17.1. The molecule has 27 heavy (non-hydrogen) atoms. The molecule has 1 aromatic carbocycles. The number of carbonyl (C=O) groups excluding carboxylic acids is 1. The lowest BCUT2D eigenvalue weighted by Gasteiger charge is -2.20. The van der Waals surface area contributed by atoms with Crippen LogP contribution in [0.1, 0.15) is 32.0 Å². The van der Waals surface area contributed by atoms with Crippen LogP contribution in [0.25, 0.3) is 0 Å². The van der Waals surface area contributed by atoms with Gasteiger partial charge >= 0.3 is 0 Å². The van der Waals surface area contributed by atoms with E-state index in [1.807, 2.05) is 0 Å². The topological polar surface area (TPSA) is 68.2 Å². The lowest BCUT2D eigenvalue weighted by molar-refractivity contribution is -0.123. The molecule has 1 aromatic heterocycles. The van der Waals surface area contributed by atoms with Crippen molar-refractivity contribution in [1.29, 1.82) is 0 Å². The number of aromatic nitrogens is 1. The van der Waals surface area contributed by atoms with Crippen LogP contribution in [-0.2, 0) is 21.2 Å². The van der Waals surface area contributed by atoms with E-state index in [2.05, 4.69) is 11.9 Å². The number of carbonyl (C=O) groups is 1. The molecule has 7 heteroatoms. The SMILES string of the molecule is C=CCn1c(C)c(C)c(S(=O)(=O)c2ccc(F)cc2)c1NC(=O)C(C)(C)C. The standard InChI is InChI=1S/C20H25FN2O3S/c1-7-12-23-14(3)13(2)17(18(23)22-19(24)20(4,5)6)27(25,26)16-10-8-15(21)9-11-16/h7-11H,1,12H2,2-6H3,(H,22,24). The van der Waals surface area contributed by atoms with Gasteiger partial charge in [0.1, 0.15) is 16.5 Å². The number of nitrogens with zero attached hydrogens (tertiary/aromatic N) is 1. The number of rotatable bonds is 5. The maximum Gasteiger partial charge on any atom is 0.230 e. The molecular weight excluding hydrogens is 367 g/mol. The molecule has 0 aliphatic rings. The highest BCUT2D eigenvalue weighted by Gasteiger charge is 2.32. The number of anilines is 1. The minimum atomic E-state index is -3.96. The van der Waals surface area contributed by atoms with Crippen molar-refractivity contribution in [2.75, 3.05) is 5.32 Å². The highest BCUT2D eigenvalue weighted by molar-refractivity contribution is 7.91. The van der Waals surface area contributed by atoms with Crippen LogP contribution >= 0.6 is 0 Å². The predicted octanol–water partition coefficient (Wildman–Crippen LogP) is 4.25. The van der Waals surface area contributed by atoms with E-state index in [0.717, 1.165) is 12.1 Å². The number of amides is 1. The summed E-state index contributed by atoms with van der Waals surface area (Å²) in [6, 6.07) is 4.64. The van der Waals surface area contributed by atoms with E-state index >= 15 is 0 Å².